The minimum absolute atomic E-state index is 0.426. The van der Waals surface area contributed by atoms with Crippen molar-refractivity contribution in [1.82, 2.24) is 0 Å². The lowest BCUT2D eigenvalue weighted by atomic mass is 9.93. The van der Waals surface area contributed by atoms with Crippen LogP contribution >= 0.6 is 0 Å². The fourth-order valence-corrected chi connectivity index (χ4v) is 2.82. The van der Waals surface area contributed by atoms with Crippen LogP contribution in [0.4, 0.5) is 5.69 Å². The molecule has 1 heterocycles. The van der Waals surface area contributed by atoms with Crippen molar-refractivity contribution in [1.29, 1.82) is 0 Å². The molecule has 25 heavy (non-hydrogen) atoms. The fraction of sp³-hybridized carbons (Fsp3) is 0.474. The number of hydrogen-bond donors (Lipinski definition) is 2. The summed E-state index contributed by atoms with van der Waals surface area (Å²) >= 11 is 0. The largest absolute Gasteiger partial charge is 0.487 e. The number of fused-ring (bicyclic) bond motifs is 2. The number of benzene rings is 2. The molecule has 0 bridgehead atoms. The van der Waals surface area contributed by atoms with E-state index in [4.69, 9.17) is 24.7 Å². The van der Waals surface area contributed by atoms with Crippen LogP contribution < -0.4 is 15.2 Å². The second-order valence-corrected chi connectivity index (χ2v) is 6.57. The maximum atomic E-state index is 10.3. The van der Waals surface area contributed by atoms with E-state index >= 15 is 0 Å². The molecule has 3 N–H and O–H groups in total. The second kappa shape index (κ2) is 7.47. The molecule has 0 saturated carbocycles. The van der Waals surface area contributed by atoms with E-state index in [2.05, 4.69) is 0 Å². The predicted molar refractivity (Wildman–Crippen MR) is 96.2 cm³/mol. The normalized spacial score (nSPS) is 16.9. The molecular weight excluding hydrogens is 322 g/mol. The molecule has 136 valence electrons. The standard InChI is InChI=1S/C19H25NO5/c1-19(2,21)15-9-13-11-17-18(12-14(13)10-16(15)20)25-8-6-23-4-3-22-5-7-24-17/h9-12,21H,3-8,20H2,1-2H3. The van der Waals surface area contributed by atoms with E-state index in [1.165, 1.54) is 0 Å². The predicted octanol–water partition coefficient (Wildman–Crippen LogP) is 2.45. The van der Waals surface area contributed by atoms with Crippen LogP contribution in [0.1, 0.15) is 19.4 Å². The Morgan fingerprint density at radius 1 is 0.800 bits per heavy atom. The third-order valence-electron chi connectivity index (χ3n) is 4.07. The molecule has 6 heteroatoms. The summed E-state index contributed by atoms with van der Waals surface area (Å²) in [5.41, 5.74) is 6.34. The van der Waals surface area contributed by atoms with E-state index < -0.39 is 5.60 Å². The van der Waals surface area contributed by atoms with Crippen molar-refractivity contribution < 1.29 is 24.1 Å². The van der Waals surface area contributed by atoms with Crippen LogP contribution in [0.3, 0.4) is 0 Å². The average Bonchev–Trinajstić information content (AvgIpc) is 2.53. The first kappa shape index (κ1) is 17.8. The number of anilines is 1. The Morgan fingerprint density at radius 3 is 1.80 bits per heavy atom. The van der Waals surface area contributed by atoms with Crippen LogP contribution in [0.2, 0.25) is 0 Å². The molecule has 0 spiro atoms. The van der Waals surface area contributed by atoms with Gasteiger partial charge in [0.05, 0.1) is 32.0 Å². The van der Waals surface area contributed by atoms with Crippen LogP contribution in [0, 0.1) is 0 Å². The Hall–Kier alpha value is -2.02. The van der Waals surface area contributed by atoms with Crippen molar-refractivity contribution in [2.24, 2.45) is 0 Å². The monoisotopic (exact) mass is 347 g/mol. The van der Waals surface area contributed by atoms with Crippen molar-refractivity contribution in [3.8, 4) is 11.5 Å². The summed E-state index contributed by atoms with van der Waals surface area (Å²) < 4.78 is 22.6. The Kier molecular flexibility index (Phi) is 5.32. The van der Waals surface area contributed by atoms with E-state index in [0.717, 1.165) is 10.8 Å². The summed E-state index contributed by atoms with van der Waals surface area (Å²) in [5.74, 6) is 1.29. The Bertz CT molecular complexity index is 739. The first-order chi connectivity index (χ1) is 11.9. The SMILES string of the molecule is CC(C)(O)c1cc2cc3c(cc2cc1N)OCCOCCOCCO3. The Labute approximate surface area is 147 Å². The summed E-state index contributed by atoms with van der Waals surface area (Å²) in [5, 5.41) is 12.2. The summed E-state index contributed by atoms with van der Waals surface area (Å²) in [6, 6.07) is 7.56. The molecule has 2 aromatic carbocycles. The van der Waals surface area contributed by atoms with E-state index in [1.54, 1.807) is 13.8 Å². The molecule has 0 unspecified atom stereocenters. The lowest BCUT2D eigenvalue weighted by Gasteiger charge is -2.21. The van der Waals surface area contributed by atoms with E-state index in [9.17, 15) is 5.11 Å². The van der Waals surface area contributed by atoms with Crippen LogP contribution in [0.15, 0.2) is 24.3 Å². The van der Waals surface area contributed by atoms with Gasteiger partial charge in [0.2, 0.25) is 0 Å². The summed E-state index contributed by atoms with van der Waals surface area (Å²) in [7, 11) is 0. The lowest BCUT2D eigenvalue weighted by Crippen LogP contribution is -2.17. The van der Waals surface area contributed by atoms with Gasteiger partial charge < -0.3 is 29.8 Å². The molecule has 0 fully saturated rings. The van der Waals surface area contributed by atoms with E-state index in [1.807, 2.05) is 24.3 Å². The van der Waals surface area contributed by atoms with Gasteiger partial charge in [0, 0.05) is 11.3 Å². The highest BCUT2D eigenvalue weighted by Crippen LogP contribution is 2.37. The van der Waals surface area contributed by atoms with Gasteiger partial charge in [-0.05, 0) is 48.9 Å². The zero-order valence-corrected chi connectivity index (χ0v) is 14.7. The fourth-order valence-electron chi connectivity index (χ4n) is 2.82. The molecule has 6 nitrogen and oxygen atoms in total. The molecule has 2 aromatic rings. The minimum atomic E-state index is -1.02. The molecular formula is C19H25NO5. The number of aliphatic hydroxyl groups is 1. The van der Waals surface area contributed by atoms with Crippen molar-refractivity contribution in [2.45, 2.75) is 19.4 Å². The smallest absolute Gasteiger partial charge is 0.161 e. The third kappa shape index (κ3) is 4.34. The first-order valence-electron chi connectivity index (χ1n) is 8.46. The number of hydrogen-bond acceptors (Lipinski definition) is 6. The molecule has 0 radical (unpaired) electrons. The van der Waals surface area contributed by atoms with Gasteiger partial charge in [-0.3, -0.25) is 0 Å². The Balaban J connectivity index is 1.99. The van der Waals surface area contributed by atoms with Gasteiger partial charge >= 0.3 is 0 Å². The second-order valence-electron chi connectivity index (χ2n) is 6.57. The van der Waals surface area contributed by atoms with Crippen LogP contribution in [-0.4, -0.2) is 44.7 Å². The Morgan fingerprint density at radius 2 is 1.28 bits per heavy atom. The van der Waals surface area contributed by atoms with Gasteiger partial charge in [-0.15, -0.1) is 0 Å². The highest BCUT2D eigenvalue weighted by Gasteiger charge is 2.20. The van der Waals surface area contributed by atoms with Crippen molar-refractivity contribution in [3.63, 3.8) is 0 Å². The van der Waals surface area contributed by atoms with Crippen molar-refractivity contribution in [2.75, 3.05) is 45.4 Å². The quantitative estimate of drug-likeness (QED) is 0.771. The first-order valence-corrected chi connectivity index (χ1v) is 8.46. The lowest BCUT2D eigenvalue weighted by molar-refractivity contribution is 0.0224. The summed E-state index contributed by atoms with van der Waals surface area (Å²) in [6.45, 7) is 6.35. The van der Waals surface area contributed by atoms with Gasteiger partial charge in [0.15, 0.2) is 11.5 Å². The van der Waals surface area contributed by atoms with E-state index in [0.29, 0.717) is 62.4 Å². The molecule has 3 rings (SSSR count). The maximum absolute atomic E-state index is 10.3. The van der Waals surface area contributed by atoms with Crippen LogP contribution in [-0.2, 0) is 15.1 Å². The summed E-state index contributed by atoms with van der Waals surface area (Å²) in [4.78, 5) is 0. The topological polar surface area (TPSA) is 83.2 Å². The summed E-state index contributed by atoms with van der Waals surface area (Å²) in [6.07, 6.45) is 0. The average molecular weight is 347 g/mol. The van der Waals surface area contributed by atoms with Crippen molar-refractivity contribution in [3.05, 3.63) is 29.8 Å². The van der Waals surface area contributed by atoms with Crippen LogP contribution in [0.5, 0.6) is 11.5 Å². The zero-order chi connectivity index (χ0) is 17.9. The number of nitrogen functional groups attached to an aromatic ring is 1. The highest BCUT2D eigenvalue weighted by atomic mass is 16.6. The van der Waals surface area contributed by atoms with Gasteiger partial charge in [-0.2, -0.15) is 0 Å². The van der Waals surface area contributed by atoms with Crippen molar-refractivity contribution >= 4 is 16.5 Å². The molecule has 1 aliphatic rings. The van der Waals surface area contributed by atoms with Gasteiger partial charge in [0.25, 0.3) is 0 Å². The van der Waals surface area contributed by atoms with Gasteiger partial charge in [-0.1, -0.05) is 0 Å². The molecule has 0 amide bonds. The number of nitrogens with two attached hydrogens (primary N) is 1. The maximum Gasteiger partial charge on any atom is 0.161 e. The highest BCUT2D eigenvalue weighted by molar-refractivity contribution is 5.90. The van der Waals surface area contributed by atoms with E-state index in [-0.39, 0.29) is 0 Å². The number of rotatable bonds is 1. The molecule has 0 aliphatic carbocycles. The van der Waals surface area contributed by atoms with Gasteiger partial charge in [0.1, 0.15) is 13.2 Å². The third-order valence-corrected chi connectivity index (χ3v) is 4.07. The number of ether oxygens (including phenoxy) is 4. The molecule has 1 aliphatic heterocycles. The van der Waals surface area contributed by atoms with Crippen LogP contribution in [0.25, 0.3) is 10.8 Å². The molecule has 0 atom stereocenters. The van der Waals surface area contributed by atoms with Gasteiger partial charge in [-0.25, -0.2) is 0 Å². The molecule has 0 aromatic heterocycles. The zero-order valence-electron chi connectivity index (χ0n) is 14.7. The minimum Gasteiger partial charge on any atom is -0.487 e. The molecule has 0 saturated heterocycles.